The Kier molecular flexibility index (Phi) is 10.2. The van der Waals surface area contributed by atoms with E-state index in [4.69, 9.17) is 0 Å². The number of unbranched alkanes of at least 4 members (excludes halogenated alkanes) is 2. The summed E-state index contributed by atoms with van der Waals surface area (Å²) in [7, 11) is 0. The highest BCUT2D eigenvalue weighted by Gasteiger charge is 2.31. The molecule has 0 atom stereocenters. The van der Waals surface area contributed by atoms with Crippen LogP contribution in [0.4, 0.5) is 0 Å². The summed E-state index contributed by atoms with van der Waals surface area (Å²) in [6.07, 6.45) is 18.6. The lowest BCUT2D eigenvalue weighted by Crippen LogP contribution is -2.25. The number of aliphatic hydroxyl groups is 2. The Balaban J connectivity index is 1.37. The number of aryl methyl sites for hydroxylation is 1. The smallest absolute Gasteiger partial charge is 0.0481 e. The van der Waals surface area contributed by atoms with E-state index in [9.17, 15) is 10.2 Å². The standard InChI is InChI=1S/C28H46O2/c1-2-3-4-5-22-8-12-25(13-9-22)27-16-18-28(19-17-27)26-14-10-23(11-15-26)6-7-24(20-29)21-30/h8-9,12-13,23-24,26-30H,2-7,10-11,14-21H2,1H3. The Morgan fingerprint density at radius 1 is 0.800 bits per heavy atom. The number of hydrogen-bond acceptors (Lipinski definition) is 2. The highest BCUT2D eigenvalue weighted by Crippen LogP contribution is 2.44. The minimum atomic E-state index is 0.100. The fourth-order valence-corrected chi connectivity index (χ4v) is 6.12. The minimum Gasteiger partial charge on any atom is -0.396 e. The monoisotopic (exact) mass is 414 g/mol. The molecule has 0 aromatic heterocycles. The normalized spacial score (nSPS) is 27.5. The fourth-order valence-electron chi connectivity index (χ4n) is 6.12. The molecule has 1 aromatic rings. The zero-order chi connectivity index (χ0) is 21.2. The Labute approximate surface area is 185 Å². The second-order valence-electron chi connectivity index (χ2n) is 10.4. The van der Waals surface area contributed by atoms with Crippen molar-refractivity contribution in [2.45, 2.75) is 103 Å². The average Bonchev–Trinajstić information content (AvgIpc) is 2.81. The van der Waals surface area contributed by atoms with E-state index in [2.05, 4.69) is 31.2 Å². The van der Waals surface area contributed by atoms with Gasteiger partial charge in [0.2, 0.25) is 0 Å². The van der Waals surface area contributed by atoms with Crippen LogP contribution in [0.3, 0.4) is 0 Å². The van der Waals surface area contributed by atoms with Crippen LogP contribution in [-0.2, 0) is 6.42 Å². The van der Waals surface area contributed by atoms with Crippen molar-refractivity contribution in [2.75, 3.05) is 13.2 Å². The molecule has 0 saturated heterocycles. The van der Waals surface area contributed by atoms with Gasteiger partial charge in [0.15, 0.2) is 0 Å². The summed E-state index contributed by atoms with van der Waals surface area (Å²) >= 11 is 0. The minimum absolute atomic E-state index is 0.100. The summed E-state index contributed by atoms with van der Waals surface area (Å²) < 4.78 is 0. The summed E-state index contributed by atoms with van der Waals surface area (Å²) in [4.78, 5) is 0. The third kappa shape index (κ3) is 7.09. The van der Waals surface area contributed by atoms with E-state index in [0.29, 0.717) is 0 Å². The van der Waals surface area contributed by atoms with Gasteiger partial charge in [-0.15, -0.1) is 0 Å². The Hall–Kier alpha value is -0.860. The van der Waals surface area contributed by atoms with Gasteiger partial charge in [0.1, 0.15) is 0 Å². The van der Waals surface area contributed by atoms with E-state index in [-0.39, 0.29) is 19.1 Å². The van der Waals surface area contributed by atoms with Gasteiger partial charge in [0, 0.05) is 19.1 Å². The van der Waals surface area contributed by atoms with Crippen LogP contribution in [0, 0.1) is 23.7 Å². The lowest BCUT2D eigenvalue weighted by atomic mass is 9.68. The second-order valence-corrected chi connectivity index (χ2v) is 10.4. The topological polar surface area (TPSA) is 40.5 Å². The molecule has 0 spiro atoms. The molecule has 2 N–H and O–H groups in total. The molecule has 2 nitrogen and oxygen atoms in total. The van der Waals surface area contributed by atoms with Crippen LogP contribution < -0.4 is 0 Å². The Morgan fingerprint density at radius 2 is 1.40 bits per heavy atom. The van der Waals surface area contributed by atoms with Crippen LogP contribution in [-0.4, -0.2) is 23.4 Å². The SMILES string of the molecule is CCCCCc1ccc(C2CCC(C3CCC(CCC(CO)CO)CC3)CC2)cc1. The third-order valence-corrected chi connectivity index (χ3v) is 8.35. The molecule has 0 heterocycles. The highest BCUT2D eigenvalue weighted by atomic mass is 16.3. The predicted molar refractivity (Wildman–Crippen MR) is 127 cm³/mol. The molecular weight excluding hydrogens is 368 g/mol. The molecule has 0 amide bonds. The van der Waals surface area contributed by atoms with Crippen molar-refractivity contribution in [3.8, 4) is 0 Å². The maximum atomic E-state index is 9.27. The maximum Gasteiger partial charge on any atom is 0.0481 e. The molecule has 0 radical (unpaired) electrons. The van der Waals surface area contributed by atoms with E-state index >= 15 is 0 Å². The van der Waals surface area contributed by atoms with Gasteiger partial charge in [-0.25, -0.2) is 0 Å². The summed E-state index contributed by atoms with van der Waals surface area (Å²) in [5, 5.41) is 18.5. The van der Waals surface area contributed by atoms with Crippen molar-refractivity contribution in [3.63, 3.8) is 0 Å². The maximum absolute atomic E-state index is 9.27. The number of rotatable bonds is 11. The van der Waals surface area contributed by atoms with E-state index < -0.39 is 0 Å². The number of benzene rings is 1. The van der Waals surface area contributed by atoms with E-state index in [1.807, 2.05) is 0 Å². The van der Waals surface area contributed by atoms with Gasteiger partial charge in [-0.2, -0.15) is 0 Å². The van der Waals surface area contributed by atoms with Crippen LogP contribution in [0.25, 0.3) is 0 Å². The molecule has 2 fully saturated rings. The molecule has 2 saturated carbocycles. The van der Waals surface area contributed by atoms with Crippen LogP contribution >= 0.6 is 0 Å². The van der Waals surface area contributed by atoms with Gasteiger partial charge < -0.3 is 10.2 Å². The Morgan fingerprint density at radius 3 is 1.97 bits per heavy atom. The van der Waals surface area contributed by atoms with Gasteiger partial charge in [0.05, 0.1) is 0 Å². The van der Waals surface area contributed by atoms with Crippen molar-refractivity contribution < 1.29 is 10.2 Å². The number of hydrogen-bond donors (Lipinski definition) is 2. The molecule has 170 valence electrons. The van der Waals surface area contributed by atoms with Gasteiger partial charge in [0.25, 0.3) is 0 Å². The summed E-state index contributed by atoms with van der Waals surface area (Å²) in [6, 6.07) is 9.61. The first-order valence-corrected chi connectivity index (χ1v) is 13.0. The summed E-state index contributed by atoms with van der Waals surface area (Å²) in [5.74, 6) is 3.63. The molecule has 2 aliphatic carbocycles. The Bertz CT molecular complexity index is 561. The van der Waals surface area contributed by atoms with Crippen molar-refractivity contribution in [2.24, 2.45) is 23.7 Å². The van der Waals surface area contributed by atoms with Crippen molar-refractivity contribution in [1.29, 1.82) is 0 Å². The molecule has 2 aliphatic rings. The largest absolute Gasteiger partial charge is 0.396 e. The van der Waals surface area contributed by atoms with Crippen molar-refractivity contribution in [3.05, 3.63) is 35.4 Å². The predicted octanol–water partition coefficient (Wildman–Crippen LogP) is 6.88. The zero-order valence-electron chi connectivity index (χ0n) is 19.4. The zero-order valence-corrected chi connectivity index (χ0v) is 19.4. The molecular formula is C28H46O2. The van der Waals surface area contributed by atoms with Crippen molar-refractivity contribution >= 4 is 0 Å². The first kappa shape index (κ1) is 23.8. The average molecular weight is 415 g/mol. The lowest BCUT2D eigenvalue weighted by molar-refractivity contribution is 0.123. The summed E-state index contributed by atoms with van der Waals surface area (Å²) in [5.41, 5.74) is 3.10. The van der Waals surface area contributed by atoms with Crippen molar-refractivity contribution in [1.82, 2.24) is 0 Å². The number of aliphatic hydroxyl groups excluding tert-OH is 2. The van der Waals surface area contributed by atoms with Gasteiger partial charge in [-0.3, -0.25) is 0 Å². The van der Waals surface area contributed by atoms with Gasteiger partial charge in [-0.05, 0) is 92.6 Å². The first-order valence-electron chi connectivity index (χ1n) is 13.0. The van der Waals surface area contributed by atoms with Crippen LogP contribution in [0.2, 0.25) is 0 Å². The second kappa shape index (κ2) is 12.9. The first-order chi connectivity index (χ1) is 14.7. The van der Waals surface area contributed by atoms with Gasteiger partial charge in [-0.1, -0.05) is 63.3 Å². The highest BCUT2D eigenvalue weighted by molar-refractivity contribution is 5.26. The lowest BCUT2D eigenvalue weighted by Gasteiger charge is -2.38. The molecule has 0 unspecified atom stereocenters. The van der Waals surface area contributed by atoms with Crippen LogP contribution in [0.1, 0.15) is 107 Å². The van der Waals surface area contributed by atoms with E-state index in [0.717, 1.165) is 30.1 Å². The molecule has 0 aliphatic heterocycles. The fraction of sp³-hybridized carbons (Fsp3) is 0.786. The molecule has 1 aromatic carbocycles. The molecule has 30 heavy (non-hydrogen) atoms. The van der Waals surface area contributed by atoms with E-state index in [1.54, 1.807) is 5.56 Å². The molecule has 2 heteroatoms. The van der Waals surface area contributed by atoms with Crippen LogP contribution in [0.5, 0.6) is 0 Å². The summed E-state index contributed by atoms with van der Waals surface area (Å²) in [6.45, 7) is 2.55. The molecule has 0 bridgehead atoms. The quantitative estimate of drug-likeness (QED) is 0.387. The third-order valence-electron chi connectivity index (χ3n) is 8.35. The molecule has 3 rings (SSSR count). The van der Waals surface area contributed by atoms with E-state index in [1.165, 1.54) is 89.0 Å². The van der Waals surface area contributed by atoms with Crippen LogP contribution in [0.15, 0.2) is 24.3 Å². The van der Waals surface area contributed by atoms with Gasteiger partial charge >= 0.3 is 0 Å².